The third-order valence-corrected chi connectivity index (χ3v) is 10.8. The number of nitrogens with one attached hydrogen (secondary N) is 1. The second-order valence-electron chi connectivity index (χ2n) is 9.57. The van der Waals surface area contributed by atoms with Crippen molar-refractivity contribution in [3.05, 3.63) is 102 Å². The molecule has 0 spiro atoms. The van der Waals surface area contributed by atoms with Crippen molar-refractivity contribution in [2.24, 2.45) is 5.92 Å². The van der Waals surface area contributed by atoms with E-state index in [0.717, 1.165) is 23.1 Å². The summed E-state index contributed by atoms with van der Waals surface area (Å²) in [5.74, 6) is -2.30. The first kappa shape index (κ1) is 28.8. The van der Waals surface area contributed by atoms with Crippen molar-refractivity contribution in [2.45, 2.75) is 22.7 Å². The number of fused-ring (bicyclic) bond motifs is 2. The molecular formula is C29H20Cl3N3O5S2. The van der Waals surface area contributed by atoms with Gasteiger partial charge in [-0.25, -0.2) is 4.90 Å². The molecule has 214 valence electrons. The van der Waals surface area contributed by atoms with Gasteiger partial charge in [0, 0.05) is 21.5 Å². The molecule has 8 nitrogen and oxygen atoms in total. The van der Waals surface area contributed by atoms with Crippen LogP contribution in [-0.2, 0) is 20.9 Å². The van der Waals surface area contributed by atoms with E-state index in [0.29, 0.717) is 37.6 Å². The van der Waals surface area contributed by atoms with Crippen LogP contribution in [0.15, 0.2) is 76.6 Å². The lowest BCUT2D eigenvalue weighted by Gasteiger charge is -2.31. The lowest BCUT2D eigenvalue weighted by molar-refractivity contribution is -0.122. The Hall–Kier alpha value is -3.28. The molecule has 3 atom stereocenters. The van der Waals surface area contributed by atoms with E-state index in [1.165, 1.54) is 16.6 Å². The fourth-order valence-corrected chi connectivity index (χ4v) is 8.53. The summed E-state index contributed by atoms with van der Waals surface area (Å²) in [6.07, 6.45) is 0. The largest absolute Gasteiger partial charge is 0.497 e. The predicted octanol–water partition coefficient (Wildman–Crippen LogP) is 6.31. The molecule has 2 aliphatic rings. The van der Waals surface area contributed by atoms with Gasteiger partial charge in [-0.15, -0.1) is 0 Å². The standard InChI is InChI=1S/C29H20Cl3N3O5S2/c1-40-17-11-9-16(10-12-17)35-26(37)22-21(18-3-2-4-19(31)23(18)32)25-28(41-24(22)27(35)38)34(29(39)42-25)13-20(36)33-15-7-5-14(30)6-8-15/h2-12,21-22,24H,13H2,1H3,(H,33,36)/t21-,22-,24+/m0/s1. The maximum atomic E-state index is 14.0. The van der Waals surface area contributed by atoms with Crippen molar-refractivity contribution >= 4 is 87.0 Å². The smallest absolute Gasteiger partial charge is 0.308 e. The topological polar surface area (TPSA) is 97.7 Å². The Morgan fingerprint density at radius 2 is 1.67 bits per heavy atom. The van der Waals surface area contributed by atoms with Gasteiger partial charge in [-0.3, -0.25) is 23.7 Å². The number of anilines is 2. The summed E-state index contributed by atoms with van der Waals surface area (Å²) >= 11 is 21.0. The second-order valence-corrected chi connectivity index (χ2v) is 12.9. The molecule has 3 heterocycles. The van der Waals surface area contributed by atoms with Gasteiger partial charge in [0.05, 0.1) is 33.8 Å². The highest BCUT2D eigenvalue weighted by molar-refractivity contribution is 8.00. The number of rotatable bonds is 6. The number of aromatic nitrogens is 1. The number of methoxy groups -OCH3 is 1. The van der Waals surface area contributed by atoms with Gasteiger partial charge in [0.1, 0.15) is 17.5 Å². The number of halogens is 3. The number of carbonyl (C=O) groups excluding carboxylic acids is 3. The Kier molecular flexibility index (Phi) is 7.84. The first-order chi connectivity index (χ1) is 20.2. The number of amides is 3. The average molecular weight is 661 g/mol. The summed E-state index contributed by atoms with van der Waals surface area (Å²) in [6, 6.07) is 18.3. The Labute approximate surface area is 263 Å². The van der Waals surface area contributed by atoms with Crippen LogP contribution in [0, 0.1) is 5.92 Å². The van der Waals surface area contributed by atoms with E-state index in [1.807, 2.05) is 0 Å². The summed E-state index contributed by atoms with van der Waals surface area (Å²) in [5.41, 5.74) is 1.45. The van der Waals surface area contributed by atoms with E-state index >= 15 is 0 Å². The lowest BCUT2D eigenvalue weighted by Crippen LogP contribution is -2.33. The van der Waals surface area contributed by atoms with Crippen molar-refractivity contribution in [1.29, 1.82) is 0 Å². The molecule has 0 unspecified atom stereocenters. The number of thiazole rings is 1. The molecule has 3 aromatic carbocycles. The van der Waals surface area contributed by atoms with E-state index in [9.17, 15) is 19.2 Å². The quantitative estimate of drug-likeness (QED) is 0.244. The zero-order valence-electron chi connectivity index (χ0n) is 21.7. The summed E-state index contributed by atoms with van der Waals surface area (Å²) in [6.45, 7) is -0.294. The van der Waals surface area contributed by atoms with Gasteiger partial charge in [0.25, 0.3) is 0 Å². The average Bonchev–Trinajstić information content (AvgIpc) is 3.42. The second kappa shape index (κ2) is 11.4. The Balaban J connectivity index is 1.42. The van der Waals surface area contributed by atoms with Crippen LogP contribution in [0.5, 0.6) is 5.75 Å². The molecular weight excluding hydrogens is 641 g/mol. The predicted molar refractivity (Wildman–Crippen MR) is 166 cm³/mol. The van der Waals surface area contributed by atoms with Crippen LogP contribution < -0.4 is 19.8 Å². The van der Waals surface area contributed by atoms with Crippen LogP contribution >= 0.6 is 57.9 Å². The zero-order chi connectivity index (χ0) is 29.7. The Bertz CT molecular complexity index is 1790. The number of ether oxygens (including phenoxy) is 1. The minimum Gasteiger partial charge on any atom is -0.497 e. The van der Waals surface area contributed by atoms with E-state index in [4.69, 9.17) is 39.5 Å². The number of nitrogens with zero attached hydrogens (tertiary/aromatic N) is 2. The van der Waals surface area contributed by atoms with Crippen LogP contribution in [-0.4, -0.2) is 34.6 Å². The van der Waals surface area contributed by atoms with Gasteiger partial charge in [0.2, 0.25) is 17.7 Å². The molecule has 1 N–H and O–H groups in total. The molecule has 3 amide bonds. The van der Waals surface area contributed by atoms with Crippen LogP contribution in [0.1, 0.15) is 16.4 Å². The minimum absolute atomic E-state index is 0.233. The zero-order valence-corrected chi connectivity index (χ0v) is 25.6. The van der Waals surface area contributed by atoms with E-state index in [1.54, 1.807) is 66.7 Å². The van der Waals surface area contributed by atoms with Gasteiger partial charge in [0.15, 0.2) is 0 Å². The summed E-state index contributed by atoms with van der Waals surface area (Å²) < 4.78 is 6.56. The van der Waals surface area contributed by atoms with Crippen LogP contribution in [0.25, 0.3) is 0 Å². The van der Waals surface area contributed by atoms with Crippen molar-refractivity contribution in [1.82, 2.24) is 4.57 Å². The van der Waals surface area contributed by atoms with Gasteiger partial charge in [-0.2, -0.15) is 0 Å². The molecule has 0 bridgehead atoms. The highest BCUT2D eigenvalue weighted by atomic mass is 35.5. The SMILES string of the molecule is COc1ccc(N2C(=O)[C@H]3[C@H](c4cccc(Cl)c4Cl)c4sc(=O)n(CC(=O)Nc5ccc(Cl)cc5)c4S[C@H]3C2=O)cc1. The molecule has 0 saturated carbocycles. The summed E-state index contributed by atoms with van der Waals surface area (Å²) in [4.78, 5) is 55.5. The number of imide groups is 1. The van der Waals surface area contributed by atoms with Crippen molar-refractivity contribution in [3.63, 3.8) is 0 Å². The molecule has 1 saturated heterocycles. The number of thioether (sulfide) groups is 1. The van der Waals surface area contributed by atoms with Crippen LogP contribution in [0.3, 0.4) is 0 Å². The molecule has 4 aromatic rings. The molecule has 1 fully saturated rings. The molecule has 2 aliphatic heterocycles. The molecule has 42 heavy (non-hydrogen) atoms. The van der Waals surface area contributed by atoms with Gasteiger partial charge < -0.3 is 10.1 Å². The molecule has 0 aliphatic carbocycles. The van der Waals surface area contributed by atoms with Crippen LogP contribution in [0.4, 0.5) is 11.4 Å². The van der Waals surface area contributed by atoms with Crippen molar-refractivity contribution in [2.75, 3.05) is 17.3 Å². The number of carbonyl (C=O) groups is 3. The highest BCUT2D eigenvalue weighted by Crippen LogP contribution is 2.55. The maximum Gasteiger partial charge on any atom is 0.308 e. The molecule has 1 aromatic heterocycles. The summed E-state index contributed by atoms with van der Waals surface area (Å²) in [7, 11) is 1.53. The third kappa shape index (κ3) is 5.01. The first-order valence-electron chi connectivity index (χ1n) is 12.6. The van der Waals surface area contributed by atoms with Gasteiger partial charge >= 0.3 is 4.87 Å². The van der Waals surface area contributed by atoms with E-state index in [-0.39, 0.29) is 16.6 Å². The number of hydrogen-bond acceptors (Lipinski definition) is 7. The summed E-state index contributed by atoms with van der Waals surface area (Å²) in [5, 5.41) is 3.37. The molecule has 13 heteroatoms. The first-order valence-corrected chi connectivity index (χ1v) is 15.4. The van der Waals surface area contributed by atoms with Crippen LogP contribution in [0.2, 0.25) is 15.1 Å². The normalized spacial score (nSPS) is 19.4. The maximum absolute atomic E-state index is 14.0. The number of hydrogen-bond donors (Lipinski definition) is 1. The highest BCUT2D eigenvalue weighted by Gasteiger charge is 2.57. The van der Waals surface area contributed by atoms with Gasteiger partial charge in [-0.1, -0.05) is 70.0 Å². The fourth-order valence-electron chi connectivity index (χ4n) is 5.21. The van der Waals surface area contributed by atoms with E-state index in [2.05, 4.69) is 5.32 Å². The van der Waals surface area contributed by atoms with Gasteiger partial charge in [-0.05, 0) is 60.2 Å². The minimum atomic E-state index is -0.869. The monoisotopic (exact) mass is 659 g/mol. The van der Waals surface area contributed by atoms with Crippen molar-refractivity contribution in [3.8, 4) is 5.75 Å². The van der Waals surface area contributed by atoms with Crippen molar-refractivity contribution < 1.29 is 19.1 Å². The molecule has 6 rings (SSSR count). The molecule has 0 radical (unpaired) electrons. The third-order valence-electron chi connectivity index (χ3n) is 7.13. The van der Waals surface area contributed by atoms with E-state index < -0.39 is 39.7 Å². The lowest BCUT2D eigenvalue weighted by atomic mass is 9.83. The fraction of sp³-hybridized carbons (Fsp3) is 0.172. The number of benzene rings is 3. The Morgan fingerprint density at radius 3 is 2.36 bits per heavy atom. The Morgan fingerprint density at radius 1 is 0.952 bits per heavy atom.